The monoisotopic (exact) mass is 195 g/mol. The van der Waals surface area contributed by atoms with Crippen molar-refractivity contribution in [2.45, 2.75) is 19.4 Å². The molecule has 0 aliphatic carbocycles. The number of aryl methyl sites for hydroxylation is 1. The quantitative estimate of drug-likeness (QED) is 0.656. The molecule has 14 heavy (non-hydrogen) atoms. The lowest BCUT2D eigenvalue weighted by atomic mass is 9.89. The second kappa shape index (κ2) is 3.31. The lowest BCUT2D eigenvalue weighted by Crippen LogP contribution is -2.42. The van der Waals surface area contributed by atoms with Gasteiger partial charge in [0.2, 0.25) is 0 Å². The lowest BCUT2D eigenvalue weighted by molar-refractivity contribution is -0.143. The molecule has 0 aliphatic rings. The number of aromatic hydroxyl groups is 1. The Balaban J connectivity index is 3.26. The number of phenolic OH excluding ortho intramolecular Hbond substituents is 1. The summed E-state index contributed by atoms with van der Waals surface area (Å²) in [5.74, 6) is -0.987. The number of carbonyl (C=O) groups is 1. The number of aliphatic carboxylic acids is 1. The van der Waals surface area contributed by atoms with Crippen LogP contribution in [0.2, 0.25) is 0 Å². The van der Waals surface area contributed by atoms with E-state index in [1.807, 2.05) is 0 Å². The summed E-state index contributed by atoms with van der Waals surface area (Å²) in [4.78, 5) is 10.9. The molecule has 4 N–H and O–H groups in total. The van der Waals surface area contributed by atoms with Gasteiger partial charge in [0.15, 0.2) is 0 Å². The second-order valence-corrected chi connectivity index (χ2v) is 3.51. The van der Waals surface area contributed by atoms with Crippen molar-refractivity contribution in [3.05, 3.63) is 29.3 Å². The molecule has 0 aromatic heterocycles. The van der Waals surface area contributed by atoms with Gasteiger partial charge in [-0.25, -0.2) is 4.79 Å². The fourth-order valence-corrected chi connectivity index (χ4v) is 1.35. The number of hydrogen-bond acceptors (Lipinski definition) is 3. The van der Waals surface area contributed by atoms with Gasteiger partial charge in [-0.2, -0.15) is 0 Å². The summed E-state index contributed by atoms with van der Waals surface area (Å²) in [6, 6.07) is 4.44. The van der Waals surface area contributed by atoms with E-state index < -0.39 is 11.5 Å². The van der Waals surface area contributed by atoms with Crippen LogP contribution in [0.15, 0.2) is 18.2 Å². The molecule has 1 aromatic carbocycles. The molecule has 0 heterocycles. The van der Waals surface area contributed by atoms with Gasteiger partial charge in [-0.1, -0.05) is 6.07 Å². The van der Waals surface area contributed by atoms with Crippen LogP contribution < -0.4 is 5.73 Å². The van der Waals surface area contributed by atoms with Crippen molar-refractivity contribution in [2.24, 2.45) is 5.73 Å². The summed E-state index contributed by atoms with van der Waals surface area (Å²) in [7, 11) is 0. The van der Waals surface area contributed by atoms with Gasteiger partial charge in [0, 0.05) is 0 Å². The van der Waals surface area contributed by atoms with Crippen molar-refractivity contribution in [2.75, 3.05) is 0 Å². The molecule has 76 valence electrons. The van der Waals surface area contributed by atoms with E-state index in [1.54, 1.807) is 6.92 Å². The Bertz CT molecular complexity index is 372. The third-order valence-corrected chi connectivity index (χ3v) is 2.21. The summed E-state index contributed by atoms with van der Waals surface area (Å²) in [5.41, 5.74) is 5.40. The smallest absolute Gasteiger partial charge is 0.328 e. The topological polar surface area (TPSA) is 83.5 Å². The fourth-order valence-electron chi connectivity index (χ4n) is 1.35. The molecule has 0 spiro atoms. The highest BCUT2D eigenvalue weighted by atomic mass is 16.4. The van der Waals surface area contributed by atoms with Gasteiger partial charge in [0.05, 0.1) is 0 Å². The van der Waals surface area contributed by atoms with Gasteiger partial charge in [-0.15, -0.1) is 0 Å². The Labute approximate surface area is 82.0 Å². The highest BCUT2D eigenvalue weighted by Gasteiger charge is 2.31. The first-order valence-electron chi connectivity index (χ1n) is 4.18. The number of benzene rings is 1. The molecule has 0 bridgehead atoms. The van der Waals surface area contributed by atoms with Crippen LogP contribution in [0.1, 0.15) is 18.1 Å². The van der Waals surface area contributed by atoms with E-state index in [1.165, 1.54) is 25.1 Å². The van der Waals surface area contributed by atoms with E-state index in [0.29, 0.717) is 11.1 Å². The highest BCUT2D eigenvalue weighted by molar-refractivity contribution is 5.80. The number of nitrogens with two attached hydrogens (primary N) is 1. The maximum Gasteiger partial charge on any atom is 0.328 e. The lowest BCUT2D eigenvalue weighted by Gasteiger charge is -2.21. The third kappa shape index (κ3) is 1.70. The average molecular weight is 195 g/mol. The molecule has 1 aromatic rings. The number of rotatable bonds is 2. The minimum absolute atomic E-state index is 0.104. The Hall–Kier alpha value is -1.55. The van der Waals surface area contributed by atoms with Crippen LogP contribution in [-0.4, -0.2) is 16.2 Å². The summed E-state index contributed by atoms with van der Waals surface area (Å²) in [6.07, 6.45) is 0. The Morgan fingerprint density at radius 3 is 2.50 bits per heavy atom. The zero-order chi connectivity index (χ0) is 10.9. The van der Waals surface area contributed by atoms with Crippen molar-refractivity contribution in [1.29, 1.82) is 0 Å². The van der Waals surface area contributed by atoms with Gasteiger partial charge < -0.3 is 15.9 Å². The predicted octanol–water partition coefficient (Wildman–Crippen LogP) is 0.959. The van der Waals surface area contributed by atoms with Crippen LogP contribution in [0.5, 0.6) is 5.75 Å². The summed E-state index contributed by atoms with van der Waals surface area (Å²) < 4.78 is 0. The molecule has 0 saturated carbocycles. The summed E-state index contributed by atoms with van der Waals surface area (Å²) in [6.45, 7) is 3.14. The SMILES string of the molecule is Cc1cc(O)ccc1C(C)(N)C(=O)O. The largest absolute Gasteiger partial charge is 0.508 e. The first kappa shape index (κ1) is 10.5. The Morgan fingerprint density at radius 2 is 2.07 bits per heavy atom. The van der Waals surface area contributed by atoms with E-state index in [9.17, 15) is 4.79 Å². The molecule has 0 aliphatic heterocycles. The van der Waals surface area contributed by atoms with Crippen LogP contribution in [-0.2, 0) is 10.3 Å². The van der Waals surface area contributed by atoms with Crippen molar-refractivity contribution in [1.82, 2.24) is 0 Å². The van der Waals surface area contributed by atoms with Crippen LogP contribution in [0.25, 0.3) is 0 Å². The summed E-state index contributed by atoms with van der Waals surface area (Å²) >= 11 is 0. The molecule has 4 heteroatoms. The molecule has 0 saturated heterocycles. The van der Waals surface area contributed by atoms with Crippen LogP contribution in [0, 0.1) is 6.92 Å². The Morgan fingerprint density at radius 1 is 1.50 bits per heavy atom. The molecule has 4 nitrogen and oxygen atoms in total. The van der Waals surface area contributed by atoms with Crippen molar-refractivity contribution in [3.8, 4) is 5.75 Å². The second-order valence-electron chi connectivity index (χ2n) is 3.51. The first-order chi connectivity index (χ1) is 6.35. The fraction of sp³-hybridized carbons (Fsp3) is 0.300. The molecule has 0 amide bonds. The predicted molar refractivity (Wildman–Crippen MR) is 52.0 cm³/mol. The third-order valence-electron chi connectivity index (χ3n) is 2.21. The maximum atomic E-state index is 10.9. The number of hydrogen-bond donors (Lipinski definition) is 3. The van der Waals surface area contributed by atoms with Gasteiger partial charge in [-0.3, -0.25) is 0 Å². The number of carboxylic acids is 1. The molecule has 0 fully saturated rings. The zero-order valence-corrected chi connectivity index (χ0v) is 8.11. The average Bonchev–Trinajstić information content (AvgIpc) is 2.02. The minimum Gasteiger partial charge on any atom is -0.508 e. The van der Waals surface area contributed by atoms with E-state index in [-0.39, 0.29) is 5.75 Å². The van der Waals surface area contributed by atoms with Gasteiger partial charge in [-0.05, 0) is 37.1 Å². The van der Waals surface area contributed by atoms with Crippen molar-refractivity contribution >= 4 is 5.97 Å². The first-order valence-corrected chi connectivity index (χ1v) is 4.18. The van der Waals surface area contributed by atoms with Gasteiger partial charge in [0.25, 0.3) is 0 Å². The van der Waals surface area contributed by atoms with Crippen LogP contribution >= 0.6 is 0 Å². The maximum absolute atomic E-state index is 10.9. The number of carboxylic acid groups (broad SMARTS) is 1. The zero-order valence-electron chi connectivity index (χ0n) is 8.11. The summed E-state index contributed by atoms with van der Waals surface area (Å²) in [5, 5.41) is 18.1. The number of phenols is 1. The standard InChI is InChI=1S/C10H13NO3/c1-6-5-7(12)3-4-8(6)10(2,11)9(13)14/h3-5,12H,11H2,1-2H3,(H,13,14). The van der Waals surface area contributed by atoms with Crippen molar-refractivity contribution < 1.29 is 15.0 Å². The van der Waals surface area contributed by atoms with E-state index in [0.717, 1.165) is 0 Å². The molecular weight excluding hydrogens is 182 g/mol. The molecular formula is C10H13NO3. The van der Waals surface area contributed by atoms with Gasteiger partial charge in [0.1, 0.15) is 11.3 Å². The molecule has 0 radical (unpaired) electrons. The molecule has 1 atom stereocenters. The highest BCUT2D eigenvalue weighted by Crippen LogP contribution is 2.24. The van der Waals surface area contributed by atoms with E-state index >= 15 is 0 Å². The Kier molecular flexibility index (Phi) is 2.49. The normalized spacial score (nSPS) is 14.8. The van der Waals surface area contributed by atoms with Crippen molar-refractivity contribution in [3.63, 3.8) is 0 Å². The molecule has 1 rings (SSSR count). The van der Waals surface area contributed by atoms with E-state index in [2.05, 4.69) is 0 Å². The van der Waals surface area contributed by atoms with Crippen LogP contribution in [0.4, 0.5) is 0 Å². The van der Waals surface area contributed by atoms with E-state index in [4.69, 9.17) is 15.9 Å². The molecule has 1 unspecified atom stereocenters. The van der Waals surface area contributed by atoms with Crippen LogP contribution in [0.3, 0.4) is 0 Å². The van der Waals surface area contributed by atoms with Gasteiger partial charge >= 0.3 is 5.97 Å². The minimum atomic E-state index is -1.42.